The maximum absolute atomic E-state index is 14.0. The summed E-state index contributed by atoms with van der Waals surface area (Å²) in [6.07, 6.45) is -0.316. The van der Waals surface area contributed by atoms with Crippen LogP contribution in [0.25, 0.3) is 0 Å². The van der Waals surface area contributed by atoms with E-state index in [1.807, 2.05) is 0 Å². The van der Waals surface area contributed by atoms with Gasteiger partial charge in [0.05, 0.1) is 30.7 Å². The molecule has 2 heterocycles. The second-order valence-corrected chi connectivity index (χ2v) is 15.0. The van der Waals surface area contributed by atoms with Crippen molar-refractivity contribution in [2.24, 2.45) is 17.8 Å². The van der Waals surface area contributed by atoms with Gasteiger partial charge in [-0.15, -0.1) is 0 Å². The lowest BCUT2D eigenvalue weighted by Gasteiger charge is -2.33. The highest BCUT2D eigenvalue weighted by atomic mass is 32.2. The van der Waals surface area contributed by atoms with E-state index < -0.39 is 124 Å². The molecule has 2 aliphatic heterocycles. The fourth-order valence-electron chi connectivity index (χ4n) is 6.26. The third-order valence-corrected chi connectivity index (χ3v) is 9.74. The van der Waals surface area contributed by atoms with E-state index in [0.717, 1.165) is 17.5 Å². The first-order valence-corrected chi connectivity index (χ1v) is 17.9. The maximum atomic E-state index is 14.0. The number of nitrogens with one attached hydrogen (secondary N) is 4. The number of carboxylic acid groups (broad SMARTS) is 2. The zero-order valence-electron chi connectivity index (χ0n) is 28.7. The number of aliphatic carboxylic acids is 2. The number of nitrogens with zero attached hydrogens (tertiary/aromatic N) is 2. The summed E-state index contributed by atoms with van der Waals surface area (Å²) in [7, 11) is -3.89. The molecule has 0 radical (unpaired) electrons. The number of carboxylic acids is 2. The predicted octanol–water partition coefficient (Wildman–Crippen LogP) is -1.61. The van der Waals surface area contributed by atoms with Crippen LogP contribution < -0.4 is 21.3 Å². The minimum absolute atomic E-state index is 0.149. The standard InChI is InChI=1S/C30H48N6O12S/c1-8-17-25-20(36(29(17)45)49(7,47)48)11-12-35(25)30(46)24(15(4)5)34-28(44)23(14(2)3)33-27(43)19(13-22(40)41)32-26(42)18(31-16(6)37)9-10-21(38)39/h14-15,17-20,23-25H,8-13H2,1-7H3,(H,31,37)(H,32,42)(H,33,43)(H,34,44)(H,38,39)(H,40,41)/t17?,18-,19-,20-,23-,24+,25+/m0/s1. The third-order valence-electron chi connectivity index (χ3n) is 8.58. The Bertz CT molecular complexity index is 1430. The van der Waals surface area contributed by atoms with E-state index in [2.05, 4.69) is 21.3 Å². The highest BCUT2D eigenvalue weighted by Gasteiger charge is 2.57. The Balaban J connectivity index is 2.28. The van der Waals surface area contributed by atoms with Gasteiger partial charge in [-0.3, -0.25) is 38.4 Å². The quantitative estimate of drug-likeness (QED) is 0.0994. The summed E-state index contributed by atoms with van der Waals surface area (Å²) in [4.78, 5) is 103. The number of carbonyl (C=O) groups excluding carboxylic acids is 6. The molecule has 0 aromatic rings. The summed E-state index contributed by atoms with van der Waals surface area (Å²) in [6.45, 7) is 9.48. The molecule has 0 aromatic heterocycles. The van der Waals surface area contributed by atoms with Crippen LogP contribution in [0.1, 0.15) is 73.6 Å². The van der Waals surface area contributed by atoms with Crippen molar-refractivity contribution in [3.63, 3.8) is 0 Å². The minimum Gasteiger partial charge on any atom is -0.481 e. The maximum Gasteiger partial charge on any atom is 0.305 e. The molecular formula is C30H48N6O12S. The van der Waals surface area contributed by atoms with Crippen LogP contribution >= 0.6 is 0 Å². The highest BCUT2D eigenvalue weighted by molar-refractivity contribution is 7.88. The van der Waals surface area contributed by atoms with Crippen LogP contribution in [-0.2, 0) is 48.4 Å². The smallest absolute Gasteiger partial charge is 0.305 e. The van der Waals surface area contributed by atoms with E-state index in [1.165, 1.54) is 4.90 Å². The molecule has 49 heavy (non-hydrogen) atoms. The van der Waals surface area contributed by atoms with E-state index in [9.17, 15) is 51.9 Å². The number of fused-ring (bicyclic) bond motifs is 1. The van der Waals surface area contributed by atoms with Crippen LogP contribution in [0, 0.1) is 17.8 Å². The Labute approximate surface area is 285 Å². The fourth-order valence-corrected chi connectivity index (χ4v) is 7.44. The normalized spacial score (nSPS) is 21.4. The van der Waals surface area contributed by atoms with Gasteiger partial charge in [-0.05, 0) is 31.1 Å². The number of likely N-dealkylation sites (tertiary alicyclic amines) is 1. The summed E-state index contributed by atoms with van der Waals surface area (Å²) in [5, 5.41) is 28.0. The Morgan fingerprint density at radius 1 is 0.837 bits per heavy atom. The number of sulfonamides is 1. The van der Waals surface area contributed by atoms with E-state index in [1.54, 1.807) is 34.6 Å². The van der Waals surface area contributed by atoms with Crippen LogP contribution in [0.3, 0.4) is 0 Å². The zero-order valence-corrected chi connectivity index (χ0v) is 29.5. The molecule has 2 fully saturated rings. The summed E-state index contributed by atoms with van der Waals surface area (Å²) < 4.78 is 25.8. The van der Waals surface area contributed by atoms with Crippen LogP contribution in [-0.4, -0.2) is 124 Å². The first kappa shape index (κ1) is 40.9. The third kappa shape index (κ3) is 10.4. The highest BCUT2D eigenvalue weighted by Crippen LogP contribution is 2.40. The molecule has 1 unspecified atom stereocenters. The Morgan fingerprint density at radius 2 is 1.39 bits per heavy atom. The van der Waals surface area contributed by atoms with E-state index in [-0.39, 0.29) is 25.8 Å². The lowest BCUT2D eigenvalue weighted by atomic mass is 9.94. The van der Waals surface area contributed by atoms with Crippen molar-refractivity contribution < 1.29 is 57.0 Å². The molecule has 0 bridgehead atoms. The summed E-state index contributed by atoms with van der Waals surface area (Å²) in [5.74, 6) is -9.24. The van der Waals surface area contributed by atoms with Crippen molar-refractivity contribution in [1.82, 2.24) is 30.5 Å². The van der Waals surface area contributed by atoms with Crippen molar-refractivity contribution in [2.45, 2.75) is 110 Å². The minimum atomic E-state index is -3.89. The van der Waals surface area contributed by atoms with Crippen molar-refractivity contribution in [3.05, 3.63) is 0 Å². The predicted molar refractivity (Wildman–Crippen MR) is 172 cm³/mol. The van der Waals surface area contributed by atoms with Gasteiger partial charge in [0.15, 0.2) is 0 Å². The Morgan fingerprint density at radius 3 is 1.86 bits per heavy atom. The molecule has 2 aliphatic rings. The Hall–Kier alpha value is -4.29. The SMILES string of the molecule is CCC1C(=O)N(S(C)(=O)=O)[C@H]2CCN(C(=O)[C@H](NC(=O)[C@@H](NC(=O)[C@H](CC(=O)O)NC(=O)[C@H](CCC(=O)O)NC(C)=O)C(C)C)C(C)C)[C@H]12. The molecule has 7 atom stereocenters. The average molecular weight is 717 g/mol. The molecular weight excluding hydrogens is 668 g/mol. The van der Waals surface area contributed by atoms with Gasteiger partial charge < -0.3 is 36.4 Å². The number of hydrogen-bond acceptors (Lipinski definition) is 10. The number of amides is 6. The Kier molecular flexibility index (Phi) is 14.1. The molecule has 18 nitrogen and oxygen atoms in total. The summed E-state index contributed by atoms with van der Waals surface area (Å²) >= 11 is 0. The van der Waals surface area contributed by atoms with Crippen molar-refractivity contribution in [1.29, 1.82) is 0 Å². The van der Waals surface area contributed by atoms with Crippen LogP contribution in [0.15, 0.2) is 0 Å². The van der Waals surface area contributed by atoms with Crippen LogP contribution in [0.4, 0.5) is 0 Å². The first-order chi connectivity index (χ1) is 22.6. The fraction of sp³-hybridized carbons (Fsp3) is 0.733. The van der Waals surface area contributed by atoms with Crippen molar-refractivity contribution in [2.75, 3.05) is 12.8 Å². The molecule has 2 saturated heterocycles. The molecule has 276 valence electrons. The van der Waals surface area contributed by atoms with Gasteiger partial charge in [0, 0.05) is 19.9 Å². The first-order valence-electron chi connectivity index (χ1n) is 16.1. The van der Waals surface area contributed by atoms with Crippen molar-refractivity contribution in [3.8, 4) is 0 Å². The van der Waals surface area contributed by atoms with Crippen LogP contribution in [0.2, 0.25) is 0 Å². The van der Waals surface area contributed by atoms with Crippen LogP contribution in [0.5, 0.6) is 0 Å². The van der Waals surface area contributed by atoms with Gasteiger partial charge in [0.1, 0.15) is 24.2 Å². The number of carbonyl (C=O) groups is 8. The van der Waals surface area contributed by atoms with Crippen molar-refractivity contribution >= 4 is 57.4 Å². The van der Waals surface area contributed by atoms with E-state index in [4.69, 9.17) is 5.11 Å². The van der Waals surface area contributed by atoms with Gasteiger partial charge >= 0.3 is 11.9 Å². The van der Waals surface area contributed by atoms with Gasteiger partial charge in [-0.25, -0.2) is 12.7 Å². The molecule has 0 aromatic carbocycles. The lowest BCUT2D eigenvalue weighted by molar-refractivity contribution is -0.143. The summed E-state index contributed by atoms with van der Waals surface area (Å²) in [6, 6.07) is -7.05. The van der Waals surface area contributed by atoms with Gasteiger partial charge in [0.25, 0.3) is 0 Å². The summed E-state index contributed by atoms with van der Waals surface area (Å²) in [5.41, 5.74) is 0. The molecule has 6 amide bonds. The second kappa shape index (κ2) is 16.9. The average Bonchev–Trinajstić information content (AvgIpc) is 3.50. The van der Waals surface area contributed by atoms with E-state index >= 15 is 0 Å². The number of hydrogen-bond donors (Lipinski definition) is 6. The molecule has 0 aliphatic carbocycles. The van der Waals surface area contributed by atoms with Gasteiger partial charge in [-0.2, -0.15) is 0 Å². The number of rotatable bonds is 17. The largest absolute Gasteiger partial charge is 0.481 e. The molecule has 6 N–H and O–H groups in total. The molecule has 2 rings (SSSR count). The molecule has 0 saturated carbocycles. The zero-order chi connectivity index (χ0) is 37.5. The van der Waals surface area contributed by atoms with Gasteiger partial charge in [0.2, 0.25) is 45.5 Å². The topological polar surface area (TPSA) is 266 Å². The van der Waals surface area contributed by atoms with Gasteiger partial charge in [-0.1, -0.05) is 34.6 Å². The second-order valence-electron chi connectivity index (χ2n) is 13.1. The lowest BCUT2D eigenvalue weighted by Crippen LogP contribution is -2.61. The molecule has 0 spiro atoms. The molecule has 19 heteroatoms. The van der Waals surface area contributed by atoms with E-state index in [0.29, 0.717) is 0 Å². The monoisotopic (exact) mass is 716 g/mol.